The molecule has 0 spiro atoms. The Balaban J connectivity index is 1.94. The zero-order chi connectivity index (χ0) is 16.8. The van der Waals surface area contributed by atoms with Crippen LogP contribution in [-0.2, 0) is 4.74 Å². The Bertz CT molecular complexity index is 701. The molecule has 7 heteroatoms. The molecule has 0 saturated heterocycles. The highest BCUT2D eigenvalue weighted by molar-refractivity contribution is 14.1. The second-order valence-corrected chi connectivity index (χ2v) is 5.54. The molecule has 2 rings (SSSR count). The van der Waals surface area contributed by atoms with Crippen molar-refractivity contribution in [2.75, 3.05) is 6.61 Å². The van der Waals surface area contributed by atoms with Crippen LogP contribution in [-0.4, -0.2) is 25.0 Å². The lowest BCUT2D eigenvalue weighted by Gasteiger charge is -2.07. The molecule has 23 heavy (non-hydrogen) atoms. The Morgan fingerprint density at radius 1 is 1.04 bits per heavy atom. The van der Waals surface area contributed by atoms with Crippen LogP contribution in [0.3, 0.4) is 0 Å². The van der Waals surface area contributed by atoms with E-state index in [-0.39, 0.29) is 11.3 Å². The molecule has 0 unspecified atom stereocenters. The molecule has 0 fully saturated rings. The first kappa shape index (κ1) is 17.3. The van der Waals surface area contributed by atoms with Gasteiger partial charge in [0.05, 0.1) is 5.56 Å². The number of ketones is 1. The standard InChI is InChI=1S/C16H11F2IO4/c17-16(18)23-11-7-5-10(6-8-11)14(20)9-22-15(21)12-3-1-2-4-13(12)19/h1-8,16H,9H2. The minimum Gasteiger partial charge on any atom is -0.454 e. The summed E-state index contributed by atoms with van der Waals surface area (Å²) in [6.45, 7) is -3.36. The van der Waals surface area contributed by atoms with E-state index in [4.69, 9.17) is 4.74 Å². The lowest BCUT2D eigenvalue weighted by molar-refractivity contribution is -0.0498. The number of ether oxygens (including phenoxy) is 2. The fourth-order valence-corrected chi connectivity index (χ4v) is 2.35. The van der Waals surface area contributed by atoms with Gasteiger partial charge in [0.2, 0.25) is 0 Å². The number of carbonyl (C=O) groups is 2. The predicted octanol–water partition coefficient (Wildman–Crippen LogP) is 3.93. The van der Waals surface area contributed by atoms with Crippen molar-refractivity contribution in [1.82, 2.24) is 0 Å². The Morgan fingerprint density at radius 2 is 1.70 bits per heavy atom. The second-order valence-electron chi connectivity index (χ2n) is 4.38. The van der Waals surface area contributed by atoms with E-state index in [2.05, 4.69) is 4.74 Å². The number of alkyl halides is 2. The number of esters is 1. The summed E-state index contributed by atoms with van der Waals surface area (Å²) in [5.41, 5.74) is 0.615. The average Bonchev–Trinajstić information content (AvgIpc) is 2.53. The molecule has 0 atom stereocenters. The average molecular weight is 432 g/mol. The monoisotopic (exact) mass is 432 g/mol. The van der Waals surface area contributed by atoms with Gasteiger partial charge < -0.3 is 9.47 Å². The van der Waals surface area contributed by atoms with Crippen LogP contribution < -0.4 is 4.74 Å². The highest BCUT2D eigenvalue weighted by Crippen LogP contribution is 2.16. The van der Waals surface area contributed by atoms with Crippen molar-refractivity contribution >= 4 is 34.3 Å². The molecule has 0 N–H and O–H groups in total. The topological polar surface area (TPSA) is 52.6 Å². The molecule has 0 radical (unpaired) electrons. The van der Waals surface area contributed by atoms with E-state index in [9.17, 15) is 18.4 Å². The van der Waals surface area contributed by atoms with Crippen LogP contribution in [0, 0.1) is 3.57 Å². The Labute approximate surface area is 144 Å². The third-order valence-corrected chi connectivity index (χ3v) is 3.77. The van der Waals surface area contributed by atoms with Gasteiger partial charge in [-0.05, 0) is 59.0 Å². The predicted molar refractivity (Wildman–Crippen MR) is 86.8 cm³/mol. The zero-order valence-corrected chi connectivity index (χ0v) is 13.8. The summed E-state index contributed by atoms with van der Waals surface area (Å²) in [5, 5.41) is 0. The van der Waals surface area contributed by atoms with Crippen LogP contribution in [0.15, 0.2) is 48.5 Å². The van der Waals surface area contributed by atoms with Crippen molar-refractivity contribution in [3.63, 3.8) is 0 Å². The highest BCUT2D eigenvalue weighted by Gasteiger charge is 2.14. The van der Waals surface area contributed by atoms with Gasteiger partial charge in [-0.3, -0.25) is 4.79 Å². The molecule has 4 nitrogen and oxygen atoms in total. The van der Waals surface area contributed by atoms with Gasteiger partial charge in [-0.1, -0.05) is 12.1 Å². The van der Waals surface area contributed by atoms with Crippen LogP contribution in [0.2, 0.25) is 0 Å². The van der Waals surface area contributed by atoms with Gasteiger partial charge in [0.15, 0.2) is 12.4 Å². The summed E-state index contributed by atoms with van der Waals surface area (Å²) < 4.78 is 34.0. The molecule has 0 aliphatic rings. The van der Waals surface area contributed by atoms with Crippen LogP contribution in [0.4, 0.5) is 8.78 Å². The lowest BCUT2D eigenvalue weighted by atomic mass is 10.1. The maximum atomic E-state index is 12.0. The summed E-state index contributed by atoms with van der Waals surface area (Å²) in [7, 11) is 0. The SMILES string of the molecule is O=C(COC(=O)c1ccccc1I)c1ccc(OC(F)F)cc1. The number of carbonyl (C=O) groups excluding carboxylic acids is 2. The summed E-state index contributed by atoms with van der Waals surface area (Å²) >= 11 is 2.00. The number of benzene rings is 2. The van der Waals surface area contributed by atoms with Gasteiger partial charge in [0.25, 0.3) is 0 Å². The van der Waals surface area contributed by atoms with Gasteiger partial charge in [-0.2, -0.15) is 8.78 Å². The molecule has 0 aliphatic carbocycles. The van der Waals surface area contributed by atoms with Gasteiger partial charge in [-0.25, -0.2) is 4.79 Å². The molecule has 2 aromatic rings. The maximum Gasteiger partial charge on any atom is 0.387 e. The van der Waals surface area contributed by atoms with E-state index in [1.54, 1.807) is 24.3 Å². The van der Waals surface area contributed by atoms with E-state index in [1.165, 1.54) is 24.3 Å². The van der Waals surface area contributed by atoms with Crippen LogP contribution in [0.25, 0.3) is 0 Å². The van der Waals surface area contributed by atoms with Gasteiger partial charge in [-0.15, -0.1) is 0 Å². The van der Waals surface area contributed by atoms with Crippen molar-refractivity contribution in [2.24, 2.45) is 0 Å². The maximum absolute atomic E-state index is 12.0. The van der Waals surface area contributed by atoms with E-state index < -0.39 is 25.0 Å². The third-order valence-electron chi connectivity index (χ3n) is 2.83. The molecular weight excluding hydrogens is 421 g/mol. The number of rotatable bonds is 6. The van der Waals surface area contributed by atoms with E-state index in [1.807, 2.05) is 22.6 Å². The Kier molecular flexibility index (Phi) is 6.03. The Hall–Kier alpha value is -2.03. The molecule has 0 amide bonds. The van der Waals surface area contributed by atoms with Crippen molar-refractivity contribution in [3.8, 4) is 5.75 Å². The minimum atomic E-state index is -2.93. The largest absolute Gasteiger partial charge is 0.454 e. The second kappa shape index (κ2) is 8.00. The zero-order valence-electron chi connectivity index (χ0n) is 11.7. The van der Waals surface area contributed by atoms with Crippen molar-refractivity contribution < 1.29 is 27.8 Å². The first-order valence-electron chi connectivity index (χ1n) is 6.47. The number of hydrogen-bond acceptors (Lipinski definition) is 4. The summed E-state index contributed by atoms with van der Waals surface area (Å²) in [4.78, 5) is 23.8. The lowest BCUT2D eigenvalue weighted by Crippen LogP contribution is -2.15. The highest BCUT2D eigenvalue weighted by atomic mass is 127. The molecule has 120 valence electrons. The number of halogens is 3. The molecular formula is C16H11F2IO4. The van der Waals surface area contributed by atoms with E-state index in [0.29, 0.717) is 5.56 Å². The molecule has 0 aromatic heterocycles. The molecule has 2 aromatic carbocycles. The van der Waals surface area contributed by atoms with Gasteiger partial charge >= 0.3 is 12.6 Å². The van der Waals surface area contributed by atoms with Gasteiger partial charge in [0, 0.05) is 9.13 Å². The summed E-state index contributed by atoms with van der Waals surface area (Å²) in [5.74, 6) is -1.08. The fourth-order valence-electron chi connectivity index (χ4n) is 1.74. The fraction of sp³-hybridized carbons (Fsp3) is 0.125. The molecule has 0 bridgehead atoms. The van der Waals surface area contributed by atoms with Crippen molar-refractivity contribution in [3.05, 3.63) is 63.2 Å². The summed E-state index contributed by atoms with van der Waals surface area (Å²) in [6.07, 6.45) is 0. The van der Waals surface area contributed by atoms with Crippen molar-refractivity contribution in [1.29, 1.82) is 0 Å². The van der Waals surface area contributed by atoms with Crippen molar-refractivity contribution in [2.45, 2.75) is 6.61 Å². The number of Topliss-reactive ketones (excluding diaryl/α,β-unsaturated/α-hetero) is 1. The first-order valence-corrected chi connectivity index (χ1v) is 7.55. The van der Waals surface area contributed by atoms with Crippen LogP contribution >= 0.6 is 22.6 Å². The molecule has 0 saturated carbocycles. The van der Waals surface area contributed by atoms with E-state index >= 15 is 0 Å². The third kappa shape index (κ3) is 4.98. The van der Waals surface area contributed by atoms with Gasteiger partial charge in [0.1, 0.15) is 5.75 Å². The first-order chi connectivity index (χ1) is 11.0. The van der Waals surface area contributed by atoms with E-state index in [0.717, 1.165) is 3.57 Å². The quantitative estimate of drug-likeness (QED) is 0.395. The number of hydrogen-bond donors (Lipinski definition) is 0. The normalized spacial score (nSPS) is 10.4. The minimum absolute atomic E-state index is 0.0487. The molecule has 0 aliphatic heterocycles. The smallest absolute Gasteiger partial charge is 0.387 e. The van der Waals surface area contributed by atoms with Crippen LogP contribution in [0.1, 0.15) is 20.7 Å². The Morgan fingerprint density at radius 3 is 2.30 bits per heavy atom. The van der Waals surface area contributed by atoms with Crippen LogP contribution in [0.5, 0.6) is 5.75 Å². The molecule has 0 heterocycles. The summed E-state index contributed by atoms with van der Waals surface area (Å²) in [6, 6.07) is 12.0.